The zero-order valence-electron chi connectivity index (χ0n) is 12.2. The van der Waals surface area contributed by atoms with Gasteiger partial charge in [-0.25, -0.2) is 8.78 Å². The Bertz CT molecular complexity index is 659. The minimum absolute atomic E-state index is 0.0334. The molecule has 0 saturated carbocycles. The lowest BCUT2D eigenvalue weighted by Crippen LogP contribution is -2.23. The maximum absolute atomic E-state index is 13.4. The number of carbonyl (C=O) groups is 1. The van der Waals surface area contributed by atoms with Crippen molar-refractivity contribution < 1.29 is 18.3 Å². The summed E-state index contributed by atoms with van der Waals surface area (Å²) in [4.78, 5) is 11.8. The second-order valence-corrected chi connectivity index (χ2v) is 4.82. The molecule has 2 aromatic carbocycles. The maximum Gasteiger partial charge on any atom is 0.220 e. The number of benzene rings is 2. The minimum atomic E-state index is -0.536. The lowest BCUT2D eigenvalue weighted by molar-refractivity contribution is -0.121. The van der Waals surface area contributed by atoms with Crippen LogP contribution >= 0.6 is 0 Å². The third-order valence-corrected chi connectivity index (χ3v) is 3.30. The highest BCUT2D eigenvalue weighted by atomic mass is 19.1. The summed E-state index contributed by atoms with van der Waals surface area (Å²) in [5, 5.41) is 2.59. The predicted octanol–water partition coefficient (Wildman–Crippen LogP) is 3.22. The Labute approximate surface area is 127 Å². The van der Waals surface area contributed by atoms with E-state index in [-0.39, 0.29) is 24.4 Å². The van der Waals surface area contributed by atoms with Gasteiger partial charge >= 0.3 is 0 Å². The summed E-state index contributed by atoms with van der Waals surface area (Å²) in [6, 6.07) is 10.6. The molecule has 0 radical (unpaired) electrons. The van der Waals surface area contributed by atoms with Crippen LogP contribution in [0, 0.1) is 11.6 Å². The number of ether oxygens (including phenoxy) is 1. The Balaban J connectivity index is 1.87. The fraction of sp³-hybridized carbons (Fsp3) is 0.235. The lowest BCUT2D eigenvalue weighted by atomic mass is 10.1. The molecule has 1 amide bonds. The van der Waals surface area contributed by atoms with E-state index in [4.69, 9.17) is 4.74 Å². The third kappa shape index (κ3) is 4.28. The summed E-state index contributed by atoms with van der Waals surface area (Å²) in [7, 11) is 1.58. The Morgan fingerprint density at radius 2 is 1.91 bits per heavy atom. The number of halogens is 2. The molecule has 0 saturated heterocycles. The number of aryl methyl sites for hydroxylation is 1. The van der Waals surface area contributed by atoms with Gasteiger partial charge in [0.05, 0.1) is 7.11 Å². The van der Waals surface area contributed by atoms with Gasteiger partial charge in [-0.15, -0.1) is 0 Å². The highest BCUT2D eigenvalue weighted by Crippen LogP contribution is 2.18. The Morgan fingerprint density at radius 3 is 2.68 bits per heavy atom. The molecule has 0 aliphatic carbocycles. The second kappa shape index (κ2) is 7.54. The van der Waals surface area contributed by atoms with Crippen LogP contribution in [0.1, 0.15) is 17.5 Å². The lowest BCUT2D eigenvalue weighted by Gasteiger charge is -2.09. The van der Waals surface area contributed by atoms with Gasteiger partial charge in [0, 0.05) is 18.5 Å². The summed E-state index contributed by atoms with van der Waals surface area (Å²) in [6.45, 7) is -0.0334. The molecule has 0 aliphatic rings. The van der Waals surface area contributed by atoms with E-state index in [0.29, 0.717) is 6.42 Å². The normalized spacial score (nSPS) is 10.3. The van der Waals surface area contributed by atoms with Gasteiger partial charge in [0.15, 0.2) is 0 Å². The zero-order chi connectivity index (χ0) is 15.9. The first-order chi connectivity index (χ1) is 10.6. The SMILES string of the molecule is COc1ccccc1CCC(=O)NCc1cc(F)ccc1F. The molecule has 0 fully saturated rings. The maximum atomic E-state index is 13.4. The first kappa shape index (κ1) is 15.9. The van der Waals surface area contributed by atoms with Gasteiger partial charge in [0.2, 0.25) is 5.91 Å². The highest BCUT2D eigenvalue weighted by Gasteiger charge is 2.08. The summed E-state index contributed by atoms with van der Waals surface area (Å²) in [5.41, 5.74) is 1.06. The van der Waals surface area contributed by atoms with Crippen LogP contribution in [0.4, 0.5) is 8.78 Å². The van der Waals surface area contributed by atoms with E-state index < -0.39 is 11.6 Å². The number of carbonyl (C=O) groups excluding carboxylic acids is 1. The van der Waals surface area contributed by atoms with Crippen LogP contribution in [0.3, 0.4) is 0 Å². The molecule has 0 bridgehead atoms. The van der Waals surface area contributed by atoms with Gasteiger partial charge in [-0.3, -0.25) is 4.79 Å². The topological polar surface area (TPSA) is 38.3 Å². The molecule has 0 spiro atoms. The van der Waals surface area contributed by atoms with Gasteiger partial charge < -0.3 is 10.1 Å². The summed E-state index contributed by atoms with van der Waals surface area (Å²) in [6.07, 6.45) is 0.763. The molecular formula is C17H17F2NO2. The molecule has 0 atom stereocenters. The van der Waals surface area contributed by atoms with Crippen LogP contribution in [-0.2, 0) is 17.8 Å². The molecule has 116 valence electrons. The summed E-state index contributed by atoms with van der Waals surface area (Å²) >= 11 is 0. The molecule has 1 N–H and O–H groups in total. The fourth-order valence-corrected chi connectivity index (χ4v) is 2.12. The van der Waals surface area contributed by atoms with Gasteiger partial charge in [-0.1, -0.05) is 18.2 Å². The van der Waals surface area contributed by atoms with Crippen molar-refractivity contribution in [2.24, 2.45) is 0 Å². The predicted molar refractivity (Wildman–Crippen MR) is 79.5 cm³/mol. The molecule has 22 heavy (non-hydrogen) atoms. The molecule has 2 aromatic rings. The number of amides is 1. The number of hydrogen-bond acceptors (Lipinski definition) is 2. The van der Waals surface area contributed by atoms with E-state index in [1.807, 2.05) is 24.3 Å². The van der Waals surface area contributed by atoms with Crippen LogP contribution in [0.5, 0.6) is 5.75 Å². The van der Waals surface area contributed by atoms with Gasteiger partial charge in [0.25, 0.3) is 0 Å². The molecule has 5 heteroatoms. The Hall–Kier alpha value is -2.43. The van der Waals surface area contributed by atoms with Crippen LogP contribution < -0.4 is 10.1 Å². The number of rotatable bonds is 6. The largest absolute Gasteiger partial charge is 0.496 e. The average molecular weight is 305 g/mol. The quantitative estimate of drug-likeness (QED) is 0.890. The molecule has 0 unspecified atom stereocenters. The number of nitrogens with one attached hydrogen (secondary N) is 1. The number of para-hydroxylation sites is 1. The minimum Gasteiger partial charge on any atom is -0.496 e. The van der Waals surface area contributed by atoms with E-state index in [1.165, 1.54) is 0 Å². The molecule has 0 heterocycles. The average Bonchev–Trinajstić information content (AvgIpc) is 2.54. The van der Waals surface area contributed by atoms with Crippen molar-refractivity contribution in [2.75, 3.05) is 7.11 Å². The molecule has 0 aliphatic heterocycles. The molecule has 3 nitrogen and oxygen atoms in total. The number of hydrogen-bond donors (Lipinski definition) is 1. The van der Waals surface area contributed by atoms with Gasteiger partial charge in [-0.05, 0) is 36.2 Å². The van der Waals surface area contributed by atoms with E-state index in [1.54, 1.807) is 7.11 Å². The third-order valence-electron chi connectivity index (χ3n) is 3.30. The number of methoxy groups -OCH3 is 1. The Morgan fingerprint density at radius 1 is 1.14 bits per heavy atom. The first-order valence-electron chi connectivity index (χ1n) is 6.92. The van der Waals surface area contributed by atoms with Gasteiger partial charge in [-0.2, -0.15) is 0 Å². The van der Waals surface area contributed by atoms with Crippen molar-refractivity contribution in [1.82, 2.24) is 5.32 Å². The van der Waals surface area contributed by atoms with Crippen LogP contribution in [0.15, 0.2) is 42.5 Å². The Kier molecular flexibility index (Phi) is 5.47. The van der Waals surface area contributed by atoms with Crippen LogP contribution in [0.2, 0.25) is 0 Å². The highest BCUT2D eigenvalue weighted by molar-refractivity contribution is 5.76. The second-order valence-electron chi connectivity index (χ2n) is 4.82. The van der Waals surface area contributed by atoms with Crippen molar-refractivity contribution in [3.8, 4) is 5.75 Å². The van der Waals surface area contributed by atoms with Crippen molar-refractivity contribution in [2.45, 2.75) is 19.4 Å². The van der Waals surface area contributed by atoms with E-state index >= 15 is 0 Å². The van der Waals surface area contributed by atoms with Gasteiger partial charge in [0.1, 0.15) is 17.4 Å². The fourth-order valence-electron chi connectivity index (χ4n) is 2.12. The monoisotopic (exact) mass is 305 g/mol. The van der Waals surface area contributed by atoms with Crippen molar-refractivity contribution in [3.05, 3.63) is 65.2 Å². The van der Waals surface area contributed by atoms with E-state index in [9.17, 15) is 13.6 Å². The van der Waals surface area contributed by atoms with Crippen LogP contribution in [-0.4, -0.2) is 13.0 Å². The standard InChI is InChI=1S/C17H17F2NO2/c1-22-16-5-3-2-4-12(16)6-9-17(21)20-11-13-10-14(18)7-8-15(13)19/h2-5,7-8,10H,6,9,11H2,1H3,(H,20,21). The van der Waals surface area contributed by atoms with Crippen molar-refractivity contribution in [3.63, 3.8) is 0 Å². The molecule has 0 aromatic heterocycles. The molecule has 2 rings (SSSR count). The summed E-state index contributed by atoms with van der Waals surface area (Å²) < 4.78 is 31.7. The van der Waals surface area contributed by atoms with Crippen LogP contribution in [0.25, 0.3) is 0 Å². The molecular weight excluding hydrogens is 288 g/mol. The summed E-state index contributed by atoms with van der Waals surface area (Å²) in [5.74, 6) is -0.563. The first-order valence-corrected chi connectivity index (χ1v) is 6.92. The van der Waals surface area contributed by atoms with Crippen molar-refractivity contribution >= 4 is 5.91 Å². The van der Waals surface area contributed by atoms with E-state index in [0.717, 1.165) is 29.5 Å². The zero-order valence-corrected chi connectivity index (χ0v) is 12.2. The smallest absolute Gasteiger partial charge is 0.220 e. The van der Waals surface area contributed by atoms with Crippen molar-refractivity contribution in [1.29, 1.82) is 0 Å². The van der Waals surface area contributed by atoms with E-state index in [2.05, 4.69) is 5.32 Å².